The molecule has 3 heterocycles. The van der Waals surface area contributed by atoms with Crippen LogP contribution in [0.1, 0.15) is 22.5 Å². The number of likely N-dealkylation sites (tertiary alicyclic amines) is 1. The molecule has 3 aromatic rings. The SMILES string of the molecule is CN(C(=O)c1ccn[nH]1)[C@H]1CCN(Cc2c(Cl)[nH]c3ccccc23)C1. The summed E-state index contributed by atoms with van der Waals surface area (Å²) in [6.07, 6.45) is 2.55. The van der Waals surface area contributed by atoms with Gasteiger partial charge in [0.15, 0.2) is 0 Å². The topological polar surface area (TPSA) is 68.0 Å². The van der Waals surface area contributed by atoms with E-state index in [0.717, 1.165) is 42.5 Å². The lowest BCUT2D eigenvalue weighted by molar-refractivity contribution is 0.0729. The Kier molecular flexibility index (Phi) is 4.23. The third-order valence-electron chi connectivity index (χ3n) is 4.99. The van der Waals surface area contributed by atoms with Crippen molar-refractivity contribution in [2.75, 3.05) is 20.1 Å². The first-order chi connectivity index (χ1) is 12.1. The summed E-state index contributed by atoms with van der Waals surface area (Å²) in [4.78, 5) is 19.9. The fourth-order valence-corrected chi connectivity index (χ4v) is 3.81. The number of H-pyrrole nitrogens is 2. The molecular weight excluding hydrogens is 338 g/mol. The summed E-state index contributed by atoms with van der Waals surface area (Å²) < 4.78 is 0. The number of likely N-dealkylation sites (N-methyl/N-ethyl adjacent to an activating group) is 1. The molecule has 1 aliphatic rings. The zero-order chi connectivity index (χ0) is 17.4. The van der Waals surface area contributed by atoms with Crippen LogP contribution in [0.4, 0.5) is 0 Å². The molecule has 0 radical (unpaired) electrons. The number of halogens is 1. The average molecular weight is 358 g/mol. The van der Waals surface area contributed by atoms with Gasteiger partial charge in [-0.1, -0.05) is 29.8 Å². The van der Waals surface area contributed by atoms with Crippen molar-refractivity contribution in [1.29, 1.82) is 0 Å². The number of amides is 1. The Bertz CT molecular complexity index is 888. The average Bonchev–Trinajstić information content (AvgIpc) is 3.35. The number of carbonyl (C=O) groups is 1. The smallest absolute Gasteiger partial charge is 0.271 e. The Morgan fingerprint density at radius 1 is 1.40 bits per heavy atom. The molecule has 0 aliphatic carbocycles. The van der Waals surface area contributed by atoms with E-state index in [1.807, 2.05) is 30.1 Å². The maximum Gasteiger partial charge on any atom is 0.271 e. The molecule has 1 aromatic carbocycles. The molecule has 25 heavy (non-hydrogen) atoms. The zero-order valence-corrected chi connectivity index (χ0v) is 14.8. The second-order valence-electron chi connectivity index (χ2n) is 6.53. The Morgan fingerprint density at radius 3 is 3.04 bits per heavy atom. The van der Waals surface area contributed by atoms with E-state index in [2.05, 4.69) is 26.1 Å². The standard InChI is InChI=1S/C18H20ClN5O/c1-23(18(25)16-6-8-20-22-16)12-7-9-24(10-12)11-14-13-4-2-3-5-15(13)21-17(14)19/h2-6,8,12,21H,7,9-11H2,1H3,(H,20,22)/t12-/m0/s1. The van der Waals surface area contributed by atoms with Gasteiger partial charge in [0.1, 0.15) is 10.8 Å². The predicted molar refractivity (Wildman–Crippen MR) is 97.7 cm³/mol. The molecule has 1 saturated heterocycles. The lowest BCUT2D eigenvalue weighted by atomic mass is 10.1. The van der Waals surface area contributed by atoms with Gasteiger partial charge >= 0.3 is 0 Å². The number of nitrogens with one attached hydrogen (secondary N) is 2. The Hall–Kier alpha value is -2.31. The fraction of sp³-hybridized carbons (Fsp3) is 0.333. The lowest BCUT2D eigenvalue weighted by Crippen LogP contribution is -2.39. The summed E-state index contributed by atoms with van der Waals surface area (Å²) in [5.41, 5.74) is 2.71. The quantitative estimate of drug-likeness (QED) is 0.754. The first-order valence-electron chi connectivity index (χ1n) is 8.37. The highest BCUT2D eigenvalue weighted by Gasteiger charge is 2.30. The molecule has 1 fully saturated rings. The fourth-order valence-electron chi connectivity index (χ4n) is 3.55. The second-order valence-corrected chi connectivity index (χ2v) is 6.91. The van der Waals surface area contributed by atoms with Gasteiger partial charge in [-0.25, -0.2) is 0 Å². The van der Waals surface area contributed by atoms with Gasteiger partial charge in [0.2, 0.25) is 0 Å². The number of para-hydroxylation sites is 1. The highest BCUT2D eigenvalue weighted by Crippen LogP contribution is 2.29. The van der Waals surface area contributed by atoms with Crippen LogP contribution in [-0.4, -0.2) is 57.1 Å². The van der Waals surface area contributed by atoms with Gasteiger partial charge in [0.25, 0.3) is 5.91 Å². The molecule has 0 saturated carbocycles. The highest BCUT2D eigenvalue weighted by atomic mass is 35.5. The van der Waals surface area contributed by atoms with Crippen molar-refractivity contribution in [3.8, 4) is 0 Å². The summed E-state index contributed by atoms with van der Waals surface area (Å²) >= 11 is 6.41. The van der Waals surface area contributed by atoms with Crippen LogP contribution in [0.5, 0.6) is 0 Å². The van der Waals surface area contributed by atoms with Gasteiger partial charge in [-0.05, 0) is 18.6 Å². The zero-order valence-electron chi connectivity index (χ0n) is 14.0. The van der Waals surface area contributed by atoms with E-state index in [-0.39, 0.29) is 11.9 Å². The second kappa shape index (κ2) is 6.54. The van der Waals surface area contributed by atoms with Crippen LogP contribution in [0.3, 0.4) is 0 Å². The molecule has 2 aromatic heterocycles. The molecule has 2 N–H and O–H groups in total. The van der Waals surface area contributed by atoms with Crippen molar-refractivity contribution < 1.29 is 4.79 Å². The molecule has 1 aliphatic heterocycles. The number of fused-ring (bicyclic) bond motifs is 1. The van der Waals surface area contributed by atoms with Gasteiger partial charge in [-0.15, -0.1) is 0 Å². The first-order valence-corrected chi connectivity index (χ1v) is 8.75. The summed E-state index contributed by atoms with van der Waals surface area (Å²) in [6.45, 7) is 2.57. The van der Waals surface area contributed by atoms with Gasteiger partial charge < -0.3 is 9.88 Å². The molecule has 0 spiro atoms. The minimum Gasteiger partial charge on any atom is -0.345 e. The number of aromatic nitrogens is 3. The van der Waals surface area contributed by atoms with Crippen LogP contribution in [0, 0.1) is 0 Å². The summed E-state index contributed by atoms with van der Waals surface area (Å²) in [5.74, 6) is -0.0190. The van der Waals surface area contributed by atoms with E-state index >= 15 is 0 Å². The van der Waals surface area contributed by atoms with Crippen molar-refractivity contribution in [2.45, 2.75) is 19.0 Å². The van der Waals surface area contributed by atoms with E-state index in [1.54, 1.807) is 12.3 Å². The number of nitrogens with zero attached hydrogens (tertiary/aromatic N) is 3. The number of hydrogen-bond acceptors (Lipinski definition) is 3. The van der Waals surface area contributed by atoms with Gasteiger partial charge in [0.05, 0.1) is 0 Å². The van der Waals surface area contributed by atoms with Crippen molar-refractivity contribution in [2.24, 2.45) is 0 Å². The molecular formula is C18H20ClN5O. The molecule has 0 unspecified atom stereocenters. The third-order valence-corrected chi connectivity index (χ3v) is 5.31. The van der Waals surface area contributed by atoms with Crippen LogP contribution < -0.4 is 0 Å². The van der Waals surface area contributed by atoms with E-state index in [0.29, 0.717) is 10.8 Å². The number of carbonyl (C=O) groups excluding carboxylic acids is 1. The first kappa shape index (κ1) is 16.2. The van der Waals surface area contributed by atoms with Crippen LogP contribution in [0.25, 0.3) is 10.9 Å². The Balaban J connectivity index is 1.45. The minimum atomic E-state index is -0.0190. The Labute approximate surface area is 150 Å². The summed E-state index contributed by atoms with van der Waals surface area (Å²) in [6, 6.07) is 10.1. The molecule has 7 heteroatoms. The number of benzene rings is 1. The summed E-state index contributed by atoms with van der Waals surface area (Å²) in [7, 11) is 1.86. The van der Waals surface area contributed by atoms with Gasteiger partial charge in [-0.3, -0.25) is 14.8 Å². The molecule has 130 valence electrons. The summed E-state index contributed by atoms with van der Waals surface area (Å²) in [5, 5.41) is 8.46. The van der Waals surface area contributed by atoms with E-state index < -0.39 is 0 Å². The van der Waals surface area contributed by atoms with Crippen LogP contribution >= 0.6 is 11.6 Å². The van der Waals surface area contributed by atoms with Crippen LogP contribution in [0.2, 0.25) is 5.15 Å². The minimum absolute atomic E-state index is 0.0190. The van der Waals surface area contributed by atoms with Crippen molar-refractivity contribution in [3.05, 3.63) is 52.9 Å². The van der Waals surface area contributed by atoms with E-state index in [1.165, 1.54) is 0 Å². The molecule has 1 amide bonds. The number of aromatic amines is 2. The lowest BCUT2D eigenvalue weighted by Gasteiger charge is -2.24. The van der Waals surface area contributed by atoms with E-state index in [4.69, 9.17) is 11.6 Å². The van der Waals surface area contributed by atoms with Crippen molar-refractivity contribution in [3.63, 3.8) is 0 Å². The Morgan fingerprint density at radius 2 is 2.24 bits per heavy atom. The van der Waals surface area contributed by atoms with Crippen molar-refractivity contribution >= 4 is 28.4 Å². The monoisotopic (exact) mass is 357 g/mol. The maximum absolute atomic E-state index is 12.5. The number of hydrogen-bond donors (Lipinski definition) is 2. The molecule has 4 rings (SSSR count). The molecule has 6 nitrogen and oxygen atoms in total. The third kappa shape index (κ3) is 3.03. The van der Waals surface area contributed by atoms with Gasteiger partial charge in [0, 0.05) is 55.4 Å². The van der Waals surface area contributed by atoms with Gasteiger partial charge in [-0.2, -0.15) is 5.10 Å². The molecule has 0 bridgehead atoms. The van der Waals surface area contributed by atoms with Crippen LogP contribution in [-0.2, 0) is 6.54 Å². The predicted octanol–water partition coefficient (Wildman–Crippen LogP) is 2.89. The maximum atomic E-state index is 12.5. The van der Waals surface area contributed by atoms with Crippen molar-refractivity contribution in [1.82, 2.24) is 25.0 Å². The van der Waals surface area contributed by atoms with E-state index in [9.17, 15) is 4.79 Å². The molecule has 1 atom stereocenters. The normalized spacial score (nSPS) is 18.1. The largest absolute Gasteiger partial charge is 0.345 e. The highest BCUT2D eigenvalue weighted by molar-refractivity contribution is 6.31. The van der Waals surface area contributed by atoms with Crippen LogP contribution in [0.15, 0.2) is 36.5 Å². The number of rotatable bonds is 4.